The number of benzene rings is 3. The fraction of sp³-hybridized carbons (Fsp3) is 0.364. The van der Waals surface area contributed by atoms with Gasteiger partial charge < -0.3 is 19.4 Å². The summed E-state index contributed by atoms with van der Waals surface area (Å²) in [6, 6.07) is 25.3. The summed E-state index contributed by atoms with van der Waals surface area (Å²) in [6.45, 7) is 15.7. The molecule has 3 aromatic carbocycles. The van der Waals surface area contributed by atoms with Gasteiger partial charge in [0.1, 0.15) is 6.61 Å². The number of amides is 1. The largest absolute Gasteiger partial charge is 0.492 e. The molecule has 0 spiro atoms. The molecule has 1 aliphatic heterocycles. The molecule has 0 unspecified atom stereocenters. The molecular formula is C33H40BNO4Si. The maximum atomic E-state index is 13.0. The first kappa shape index (κ1) is 28.4. The Labute approximate surface area is 240 Å². The lowest BCUT2D eigenvalue weighted by Crippen LogP contribution is -2.41. The van der Waals surface area contributed by atoms with Crippen LogP contribution in [-0.4, -0.2) is 45.6 Å². The molecule has 0 radical (unpaired) electrons. The van der Waals surface area contributed by atoms with Crippen LogP contribution in [0, 0.1) is 0 Å². The summed E-state index contributed by atoms with van der Waals surface area (Å²) in [5.41, 5.74) is 5.74. The van der Waals surface area contributed by atoms with E-state index >= 15 is 0 Å². The lowest BCUT2D eigenvalue weighted by atomic mass is 9.77. The van der Waals surface area contributed by atoms with Gasteiger partial charge in [0.2, 0.25) is 0 Å². The van der Waals surface area contributed by atoms with Gasteiger partial charge in [-0.3, -0.25) is 0 Å². The van der Waals surface area contributed by atoms with Gasteiger partial charge >= 0.3 is 13.2 Å². The number of hydrogen-bond acceptors (Lipinski definition) is 4. The molecule has 40 heavy (non-hydrogen) atoms. The fourth-order valence-electron chi connectivity index (χ4n) is 5.33. The molecule has 0 saturated carbocycles. The molecule has 1 aliphatic carbocycles. The van der Waals surface area contributed by atoms with Crippen molar-refractivity contribution in [3.63, 3.8) is 0 Å². The first-order valence-corrected chi connectivity index (χ1v) is 17.6. The first-order valence-electron chi connectivity index (χ1n) is 14.1. The minimum Gasteiger partial charge on any atom is -0.449 e. The van der Waals surface area contributed by atoms with E-state index in [0.29, 0.717) is 0 Å². The van der Waals surface area contributed by atoms with Crippen molar-refractivity contribution in [2.75, 3.05) is 13.2 Å². The molecule has 2 aliphatic rings. The Morgan fingerprint density at radius 1 is 0.900 bits per heavy atom. The topological polar surface area (TPSA) is 56.8 Å². The maximum Gasteiger partial charge on any atom is 0.492 e. The Morgan fingerprint density at radius 2 is 1.48 bits per heavy atom. The molecule has 7 heteroatoms. The van der Waals surface area contributed by atoms with Gasteiger partial charge in [0.25, 0.3) is 0 Å². The maximum absolute atomic E-state index is 13.0. The highest BCUT2D eigenvalue weighted by Crippen LogP contribution is 2.44. The monoisotopic (exact) mass is 553 g/mol. The van der Waals surface area contributed by atoms with Gasteiger partial charge in [0, 0.05) is 12.5 Å². The lowest BCUT2D eigenvalue weighted by molar-refractivity contribution is 0.00578. The van der Waals surface area contributed by atoms with Crippen molar-refractivity contribution in [2.24, 2.45) is 0 Å². The summed E-state index contributed by atoms with van der Waals surface area (Å²) < 4.78 is 18.5. The van der Waals surface area contributed by atoms with E-state index in [1.165, 1.54) is 27.4 Å². The molecule has 5 rings (SSSR count). The molecule has 5 nitrogen and oxygen atoms in total. The number of carbonyl (C=O) groups is 1. The molecule has 3 aromatic rings. The highest BCUT2D eigenvalue weighted by atomic mass is 28.3. The van der Waals surface area contributed by atoms with Crippen molar-refractivity contribution in [3.05, 3.63) is 95.0 Å². The number of hydrogen-bond donors (Lipinski definition) is 1. The number of rotatable bonds is 7. The normalized spacial score (nSPS) is 17.9. The quantitative estimate of drug-likeness (QED) is 0.328. The van der Waals surface area contributed by atoms with Crippen LogP contribution in [-0.2, 0) is 14.0 Å². The van der Waals surface area contributed by atoms with Crippen LogP contribution in [0.2, 0.25) is 19.6 Å². The summed E-state index contributed by atoms with van der Waals surface area (Å²) >= 11 is 0. The number of ether oxygens (including phenoxy) is 1. The van der Waals surface area contributed by atoms with E-state index in [2.05, 4.69) is 91.7 Å². The molecule has 1 fully saturated rings. The summed E-state index contributed by atoms with van der Waals surface area (Å²) in [7, 11) is -2.06. The summed E-state index contributed by atoms with van der Waals surface area (Å²) in [4.78, 5) is 13.0. The van der Waals surface area contributed by atoms with Crippen molar-refractivity contribution in [1.29, 1.82) is 0 Å². The summed E-state index contributed by atoms with van der Waals surface area (Å²) in [6.07, 6.45) is 1.62. The van der Waals surface area contributed by atoms with E-state index in [0.717, 1.165) is 11.0 Å². The first-order chi connectivity index (χ1) is 18.9. The Hall–Kier alpha value is -3.13. The summed E-state index contributed by atoms with van der Waals surface area (Å²) in [5.74, 6) is 0.0144. The second kappa shape index (κ2) is 10.7. The van der Waals surface area contributed by atoms with Crippen LogP contribution in [0.3, 0.4) is 0 Å². The van der Waals surface area contributed by atoms with E-state index in [1.807, 2.05) is 39.8 Å². The molecular weight excluding hydrogens is 513 g/mol. The van der Waals surface area contributed by atoms with Crippen molar-refractivity contribution in [2.45, 2.75) is 64.5 Å². The molecule has 208 valence electrons. The van der Waals surface area contributed by atoms with E-state index in [9.17, 15) is 4.79 Å². The zero-order chi connectivity index (χ0) is 28.7. The van der Waals surface area contributed by atoms with Crippen molar-refractivity contribution >= 4 is 32.5 Å². The Bertz CT molecular complexity index is 1380. The van der Waals surface area contributed by atoms with E-state index in [1.54, 1.807) is 0 Å². The summed E-state index contributed by atoms with van der Waals surface area (Å²) in [5, 5.41) is 4.34. The minimum absolute atomic E-state index is 0.0144. The van der Waals surface area contributed by atoms with Crippen molar-refractivity contribution < 1.29 is 18.8 Å². The van der Waals surface area contributed by atoms with Crippen molar-refractivity contribution in [1.82, 2.24) is 5.32 Å². The van der Waals surface area contributed by atoms with Gasteiger partial charge in [-0.1, -0.05) is 104 Å². The number of nitrogens with one attached hydrogen (secondary N) is 1. The van der Waals surface area contributed by atoms with E-state index in [4.69, 9.17) is 14.0 Å². The number of alkyl carbamates (subject to hydrolysis) is 1. The predicted molar refractivity (Wildman–Crippen MR) is 167 cm³/mol. The smallest absolute Gasteiger partial charge is 0.449 e. The van der Waals surface area contributed by atoms with Crippen LogP contribution >= 0.6 is 0 Å². The van der Waals surface area contributed by atoms with Gasteiger partial charge in [-0.15, -0.1) is 0 Å². The van der Waals surface area contributed by atoms with Crippen molar-refractivity contribution in [3.8, 4) is 11.1 Å². The van der Waals surface area contributed by atoms with Gasteiger partial charge in [-0.25, -0.2) is 4.79 Å². The third kappa shape index (κ3) is 5.69. The average Bonchev–Trinajstić information content (AvgIpc) is 3.34. The van der Waals surface area contributed by atoms with Crippen LogP contribution < -0.4 is 10.5 Å². The molecule has 1 saturated heterocycles. The Balaban J connectivity index is 1.32. The van der Waals surface area contributed by atoms with Gasteiger partial charge in [0.05, 0.1) is 19.3 Å². The fourth-order valence-corrected chi connectivity index (χ4v) is 6.53. The second-order valence-electron chi connectivity index (χ2n) is 12.9. The molecule has 1 N–H and O–H groups in total. The van der Waals surface area contributed by atoms with E-state index in [-0.39, 0.29) is 19.1 Å². The van der Waals surface area contributed by atoms with Crippen LogP contribution in [0.4, 0.5) is 4.79 Å². The van der Waals surface area contributed by atoms with Crippen LogP contribution in [0.15, 0.2) is 78.3 Å². The van der Waals surface area contributed by atoms with Gasteiger partial charge in [-0.2, -0.15) is 0 Å². The standard InChI is InChI=1S/C33H40BNO4Si/c1-32(2)33(3,4)39-34(38-32)24(19-23-13-12-14-25(20-23)40(5,6)7)21-35-31(36)37-22-30-28-17-10-8-15-26(28)27-16-9-11-18-29(27)30/h8-20,30H,21-22H2,1-7H3,(H,35,36). The molecule has 1 amide bonds. The molecule has 1 heterocycles. The highest BCUT2D eigenvalue weighted by Gasteiger charge is 2.52. The highest BCUT2D eigenvalue weighted by molar-refractivity contribution is 6.88. The third-order valence-electron chi connectivity index (χ3n) is 8.44. The minimum atomic E-state index is -1.49. The second-order valence-corrected chi connectivity index (χ2v) is 17.9. The van der Waals surface area contributed by atoms with Crippen LogP contribution in [0.1, 0.15) is 50.3 Å². The zero-order valence-corrected chi connectivity index (χ0v) is 25.7. The third-order valence-corrected chi connectivity index (χ3v) is 10.5. The lowest BCUT2D eigenvalue weighted by Gasteiger charge is -2.32. The number of fused-ring (bicyclic) bond motifs is 3. The number of carbonyl (C=O) groups excluding carboxylic acids is 1. The Kier molecular flexibility index (Phi) is 7.59. The zero-order valence-electron chi connectivity index (χ0n) is 24.7. The van der Waals surface area contributed by atoms with E-state index < -0.39 is 32.5 Å². The molecule has 0 bridgehead atoms. The van der Waals surface area contributed by atoms with Gasteiger partial charge in [-0.05, 0) is 61.0 Å². The van der Waals surface area contributed by atoms with Crippen LogP contribution in [0.25, 0.3) is 17.2 Å². The molecule has 0 aromatic heterocycles. The van der Waals surface area contributed by atoms with Gasteiger partial charge in [0.15, 0.2) is 0 Å². The Morgan fingerprint density at radius 3 is 2.05 bits per heavy atom. The van der Waals surface area contributed by atoms with Crippen LogP contribution in [0.5, 0.6) is 0 Å². The molecule has 0 atom stereocenters. The SMILES string of the molecule is CC1(C)OB(C(=Cc2cccc([Si](C)(C)C)c2)CNC(=O)OCC2c3ccccc3-c3ccccc32)OC1(C)C. The average molecular weight is 554 g/mol. The predicted octanol–water partition coefficient (Wildman–Crippen LogP) is 6.79.